The van der Waals surface area contributed by atoms with Gasteiger partial charge in [0.05, 0.1) is 6.61 Å². The number of ketones is 1. The predicted octanol–water partition coefficient (Wildman–Crippen LogP) is 5.54. The van der Waals surface area contributed by atoms with Gasteiger partial charge in [-0.15, -0.1) is 0 Å². The Morgan fingerprint density at radius 2 is 1.54 bits per heavy atom. The summed E-state index contributed by atoms with van der Waals surface area (Å²) in [6.07, 6.45) is 9.38. The van der Waals surface area contributed by atoms with Crippen LogP contribution in [0.1, 0.15) is 83.1 Å². The van der Waals surface area contributed by atoms with Gasteiger partial charge in [0, 0.05) is 12.8 Å². The molecule has 1 rings (SSSR count). The normalized spacial score (nSPS) is 12.0. The summed E-state index contributed by atoms with van der Waals surface area (Å²) in [4.78, 5) is 23.1. The van der Waals surface area contributed by atoms with E-state index in [0.717, 1.165) is 44.1 Å². The minimum atomic E-state index is -0.900. The lowest BCUT2D eigenvalue weighted by Gasteiger charge is -2.13. The number of carboxylic acid groups (broad SMARTS) is 1. The first kappa shape index (κ1) is 22.4. The third kappa shape index (κ3) is 11.0. The molecule has 0 aliphatic carbocycles. The van der Waals surface area contributed by atoms with Gasteiger partial charge in [-0.3, -0.25) is 4.79 Å². The lowest BCUT2D eigenvalue weighted by atomic mass is 10.0. The Labute approximate surface area is 158 Å². The van der Waals surface area contributed by atoms with E-state index in [1.165, 1.54) is 12.8 Å². The summed E-state index contributed by atoms with van der Waals surface area (Å²) in [5.74, 6) is -0.529. The van der Waals surface area contributed by atoms with Crippen LogP contribution < -0.4 is 0 Å². The van der Waals surface area contributed by atoms with Crippen LogP contribution in [0.2, 0.25) is 0 Å². The first-order chi connectivity index (χ1) is 12.6. The van der Waals surface area contributed by atoms with Crippen LogP contribution in [0.5, 0.6) is 0 Å². The summed E-state index contributed by atoms with van der Waals surface area (Å²) < 4.78 is 5.54. The van der Waals surface area contributed by atoms with Crippen LogP contribution in [-0.2, 0) is 20.9 Å². The Balaban J connectivity index is 2.08. The second-order valence-electron chi connectivity index (χ2n) is 6.93. The molecule has 0 amide bonds. The lowest BCUT2D eigenvalue weighted by molar-refractivity contribution is -0.151. The molecule has 0 saturated carbocycles. The quantitative estimate of drug-likeness (QED) is 0.392. The minimum Gasteiger partial charge on any atom is -0.479 e. The number of unbranched alkanes of at least 4 members (excludes halogenated alkanes) is 6. The average molecular weight is 363 g/mol. The summed E-state index contributed by atoms with van der Waals surface area (Å²) in [6.45, 7) is 2.49. The molecule has 0 aromatic heterocycles. The van der Waals surface area contributed by atoms with Gasteiger partial charge in [-0.25, -0.2) is 4.79 Å². The molecular weight excluding hydrogens is 328 g/mol. The number of hydrogen-bond acceptors (Lipinski definition) is 3. The summed E-state index contributed by atoms with van der Waals surface area (Å²) in [6, 6.07) is 9.61. The molecule has 1 unspecified atom stereocenters. The van der Waals surface area contributed by atoms with Gasteiger partial charge < -0.3 is 9.84 Å². The van der Waals surface area contributed by atoms with E-state index in [-0.39, 0.29) is 0 Å². The molecular formula is C22H34O4. The van der Waals surface area contributed by atoms with Gasteiger partial charge in [0.1, 0.15) is 5.78 Å². The van der Waals surface area contributed by atoms with Gasteiger partial charge in [0.25, 0.3) is 0 Å². The highest BCUT2D eigenvalue weighted by Crippen LogP contribution is 2.13. The molecule has 4 nitrogen and oxygen atoms in total. The fourth-order valence-electron chi connectivity index (χ4n) is 2.93. The molecule has 0 radical (unpaired) electrons. The van der Waals surface area contributed by atoms with E-state index in [1.54, 1.807) is 0 Å². The smallest absolute Gasteiger partial charge is 0.332 e. The SMILES string of the molecule is CCCCCCC(=O)CCCCCCC(OCc1ccccc1)C(=O)O. The van der Waals surface area contributed by atoms with Gasteiger partial charge in [0.2, 0.25) is 0 Å². The number of carbonyl (C=O) groups is 2. The zero-order valence-electron chi connectivity index (χ0n) is 16.1. The first-order valence-electron chi connectivity index (χ1n) is 10.0. The van der Waals surface area contributed by atoms with Crippen molar-refractivity contribution in [2.75, 3.05) is 0 Å². The first-order valence-corrected chi connectivity index (χ1v) is 10.0. The molecule has 1 atom stereocenters. The summed E-state index contributed by atoms with van der Waals surface area (Å²) in [5.41, 5.74) is 0.983. The Kier molecular flexibility index (Phi) is 12.5. The maximum atomic E-state index is 11.8. The second-order valence-corrected chi connectivity index (χ2v) is 6.93. The van der Waals surface area contributed by atoms with Crippen LogP contribution >= 0.6 is 0 Å². The number of Topliss-reactive ketones (excluding diaryl/α,β-unsaturated/α-hetero) is 1. The van der Waals surface area contributed by atoms with Gasteiger partial charge >= 0.3 is 5.97 Å². The lowest BCUT2D eigenvalue weighted by Crippen LogP contribution is -2.23. The van der Waals surface area contributed by atoms with Crippen LogP contribution in [0.4, 0.5) is 0 Å². The highest BCUT2D eigenvalue weighted by molar-refractivity contribution is 5.78. The van der Waals surface area contributed by atoms with Crippen molar-refractivity contribution in [2.24, 2.45) is 0 Å². The molecule has 1 aromatic carbocycles. The standard InChI is InChI=1S/C22H34O4/c1-2-3-4-10-15-20(23)16-11-5-6-12-17-21(22(24)25)26-18-19-13-8-7-9-14-19/h7-9,13-14,21H,2-6,10-12,15-18H2,1H3,(H,24,25). The number of carboxylic acids is 1. The molecule has 0 bridgehead atoms. The van der Waals surface area contributed by atoms with Gasteiger partial charge in [0.15, 0.2) is 6.10 Å². The predicted molar refractivity (Wildman–Crippen MR) is 104 cm³/mol. The molecule has 0 aliphatic heterocycles. The summed E-state index contributed by atoms with van der Waals surface area (Å²) in [5, 5.41) is 9.28. The van der Waals surface area contributed by atoms with Gasteiger partial charge in [-0.05, 0) is 24.8 Å². The second kappa shape index (κ2) is 14.5. The Morgan fingerprint density at radius 1 is 0.923 bits per heavy atom. The van der Waals surface area contributed by atoms with Crippen LogP contribution in [0.15, 0.2) is 30.3 Å². The van der Waals surface area contributed by atoms with E-state index in [9.17, 15) is 14.7 Å². The van der Waals surface area contributed by atoms with Gasteiger partial charge in [-0.2, -0.15) is 0 Å². The van der Waals surface area contributed by atoms with E-state index in [1.807, 2.05) is 30.3 Å². The Bertz CT molecular complexity index is 498. The summed E-state index contributed by atoms with van der Waals surface area (Å²) in [7, 11) is 0. The van der Waals surface area contributed by atoms with Crippen LogP contribution in [-0.4, -0.2) is 23.0 Å². The molecule has 26 heavy (non-hydrogen) atoms. The van der Waals surface area contributed by atoms with Crippen molar-refractivity contribution in [2.45, 2.75) is 90.3 Å². The monoisotopic (exact) mass is 362 g/mol. The molecule has 0 aliphatic rings. The van der Waals surface area contributed by atoms with E-state index >= 15 is 0 Å². The fourth-order valence-corrected chi connectivity index (χ4v) is 2.93. The number of rotatable bonds is 16. The fraction of sp³-hybridized carbons (Fsp3) is 0.636. The van der Waals surface area contributed by atoms with Crippen LogP contribution in [0.25, 0.3) is 0 Å². The highest BCUT2D eigenvalue weighted by Gasteiger charge is 2.17. The molecule has 1 N–H and O–H groups in total. The highest BCUT2D eigenvalue weighted by atomic mass is 16.5. The molecule has 0 saturated heterocycles. The number of benzene rings is 1. The van der Waals surface area contributed by atoms with Gasteiger partial charge in [-0.1, -0.05) is 75.8 Å². The molecule has 0 fully saturated rings. The molecule has 0 spiro atoms. The number of carbonyl (C=O) groups excluding carboxylic acids is 1. The van der Waals surface area contributed by atoms with Crippen molar-refractivity contribution in [3.05, 3.63) is 35.9 Å². The molecule has 146 valence electrons. The number of aliphatic carboxylic acids is 1. The van der Waals surface area contributed by atoms with E-state index in [2.05, 4.69) is 6.92 Å². The maximum Gasteiger partial charge on any atom is 0.332 e. The Morgan fingerprint density at radius 3 is 2.15 bits per heavy atom. The van der Waals surface area contributed by atoms with Crippen molar-refractivity contribution >= 4 is 11.8 Å². The molecule has 4 heteroatoms. The van der Waals surface area contributed by atoms with E-state index < -0.39 is 12.1 Å². The third-order valence-electron chi connectivity index (χ3n) is 4.55. The van der Waals surface area contributed by atoms with E-state index in [0.29, 0.717) is 31.7 Å². The van der Waals surface area contributed by atoms with Crippen molar-refractivity contribution < 1.29 is 19.4 Å². The topological polar surface area (TPSA) is 63.6 Å². The van der Waals surface area contributed by atoms with Crippen molar-refractivity contribution in [1.82, 2.24) is 0 Å². The zero-order valence-corrected chi connectivity index (χ0v) is 16.1. The van der Waals surface area contributed by atoms with E-state index in [4.69, 9.17) is 4.74 Å². The molecule has 1 aromatic rings. The number of hydrogen-bond donors (Lipinski definition) is 1. The van der Waals surface area contributed by atoms with Crippen molar-refractivity contribution in [3.63, 3.8) is 0 Å². The summed E-state index contributed by atoms with van der Waals surface area (Å²) >= 11 is 0. The van der Waals surface area contributed by atoms with Crippen molar-refractivity contribution in [1.29, 1.82) is 0 Å². The van der Waals surface area contributed by atoms with Crippen molar-refractivity contribution in [3.8, 4) is 0 Å². The molecule has 0 heterocycles. The minimum absolute atomic E-state index is 0.324. The average Bonchev–Trinajstić information content (AvgIpc) is 2.64. The van der Waals surface area contributed by atoms with Crippen LogP contribution in [0.3, 0.4) is 0 Å². The third-order valence-corrected chi connectivity index (χ3v) is 4.55. The largest absolute Gasteiger partial charge is 0.479 e. The zero-order chi connectivity index (χ0) is 19.0. The number of ether oxygens (including phenoxy) is 1. The van der Waals surface area contributed by atoms with Crippen LogP contribution in [0, 0.1) is 0 Å². The Hall–Kier alpha value is -1.68. The maximum absolute atomic E-state index is 11.8.